The smallest absolute Gasteiger partial charge is 0.221 e. The Hall–Kier alpha value is -1.37. The SMILES string of the molecule is Cc1nc(CSCCC(=O)NC2CCN(Cc3ccccc3)C2)cs1. The summed E-state index contributed by atoms with van der Waals surface area (Å²) in [4.78, 5) is 19.0. The molecule has 1 saturated heterocycles. The van der Waals surface area contributed by atoms with E-state index in [1.807, 2.05) is 13.0 Å². The van der Waals surface area contributed by atoms with Gasteiger partial charge in [-0.05, 0) is 18.9 Å². The summed E-state index contributed by atoms with van der Waals surface area (Å²) >= 11 is 3.46. The highest BCUT2D eigenvalue weighted by Gasteiger charge is 2.23. The predicted octanol–water partition coefficient (Wildman–Crippen LogP) is 3.47. The Morgan fingerprint density at radius 2 is 2.24 bits per heavy atom. The molecule has 1 atom stereocenters. The van der Waals surface area contributed by atoms with Crippen molar-refractivity contribution in [1.29, 1.82) is 0 Å². The molecule has 0 radical (unpaired) electrons. The van der Waals surface area contributed by atoms with Crippen molar-refractivity contribution < 1.29 is 4.79 Å². The molecule has 1 N–H and O–H groups in total. The highest BCUT2D eigenvalue weighted by molar-refractivity contribution is 7.98. The molecule has 2 aromatic rings. The number of rotatable bonds is 8. The van der Waals surface area contributed by atoms with Crippen LogP contribution in [0.15, 0.2) is 35.7 Å². The molecule has 2 heterocycles. The molecule has 0 saturated carbocycles. The van der Waals surface area contributed by atoms with Gasteiger partial charge in [0.05, 0.1) is 10.7 Å². The van der Waals surface area contributed by atoms with Gasteiger partial charge in [0.15, 0.2) is 0 Å². The van der Waals surface area contributed by atoms with E-state index in [1.54, 1.807) is 23.1 Å². The number of amides is 1. The number of carbonyl (C=O) groups is 1. The molecule has 1 fully saturated rings. The summed E-state index contributed by atoms with van der Waals surface area (Å²) in [5, 5.41) is 6.40. The summed E-state index contributed by atoms with van der Waals surface area (Å²) < 4.78 is 0. The monoisotopic (exact) mass is 375 g/mol. The van der Waals surface area contributed by atoms with Gasteiger partial charge in [-0.25, -0.2) is 4.98 Å². The Bertz CT molecular complexity index is 674. The van der Waals surface area contributed by atoms with Crippen LogP contribution in [0.3, 0.4) is 0 Å². The normalized spacial score (nSPS) is 17.7. The van der Waals surface area contributed by atoms with Crippen molar-refractivity contribution in [1.82, 2.24) is 15.2 Å². The van der Waals surface area contributed by atoms with Gasteiger partial charge in [-0.2, -0.15) is 11.8 Å². The van der Waals surface area contributed by atoms with E-state index in [1.165, 1.54) is 5.56 Å². The number of benzene rings is 1. The molecule has 4 nitrogen and oxygen atoms in total. The number of thiazole rings is 1. The molecule has 1 aromatic carbocycles. The number of aryl methyl sites for hydroxylation is 1. The van der Waals surface area contributed by atoms with Gasteiger partial charge in [-0.15, -0.1) is 11.3 Å². The lowest BCUT2D eigenvalue weighted by molar-refractivity contribution is -0.121. The van der Waals surface area contributed by atoms with E-state index in [-0.39, 0.29) is 5.91 Å². The van der Waals surface area contributed by atoms with Gasteiger partial charge >= 0.3 is 0 Å². The van der Waals surface area contributed by atoms with Gasteiger partial charge in [0.1, 0.15) is 0 Å². The molecule has 0 aliphatic carbocycles. The largest absolute Gasteiger partial charge is 0.352 e. The number of thioether (sulfide) groups is 1. The van der Waals surface area contributed by atoms with E-state index in [0.29, 0.717) is 12.5 Å². The first-order valence-corrected chi connectivity index (χ1v) is 10.8. The summed E-state index contributed by atoms with van der Waals surface area (Å²) in [5.41, 5.74) is 2.46. The molecule has 3 rings (SSSR count). The van der Waals surface area contributed by atoms with Crippen LogP contribution in [-0.4, -0.2) is 40.7 Å². The Kier molecular flexibility index (Phi) is 6.90. The first kappa shape index (κ1) is 18.4. The van der Waals surface area contributed by atoms with Crippen LogP contribution in [-0.2, 0) is 17.1 Å². The van der Waals surface area contributed by atoms with Gasteiger partial charge in [-0.3, -0.25) is 9.69 Å². The van der Waals surface area contributed by atoms with Crippen molar-refractivity contribution in [2.24, 2.45) is 0 Å². The Morgan fingerprint density at radius 3 is 3.00 bits per heavy atom. The Balaban J connectivity index is 1.30. The zero-order valence-electron chi connectivity index (χ0n) is 14.6. The number of likely N-dealkylation sites (tertiary alicyclic amines) is 1. The van der Waals surface area contributed by atoms with E-state index in [9.17, 15) is 4.79 Å². The van der Waals surface area contributed by atoms with Crippen LogP contribution in [0.1, 0.15) is 29.1 Å². The van der Waals surface area contributed by atoms with Crippen LogP contribution in [0.25, 0.3) is 0 Å². The minimum absolute atomic E-state index is 0.175. The third kappa shape index (κ3) is 6.13. The highest BCUT2D eigenvalue weighted by atomic mass is 32.2. The maximum atomic E-state index is 12.1. The molecule has 0 bridgehead atoms. The van der Waals surface area contributed by atoms with Crippen LogP contribution in [0.2, 0.25) is 0 Å². The van der Waals surface area contributed by atoms with Crippen LogP contribution >= 0.6 is 23.1 Å². The topological polar surface area (TPSA) is 45.2 Å². The number of hydrogen-bond acceptors (Lipinski definition) is 5. The third-order valence-corrected chi connectivity index (χ3v) is 6.09. The molecule has 1 amide bonds. The van der Waals surface area contributed by atoms with Crippen molar-refractivity contribution in [3.05, 3.63) is 52.0 Å². The summed E-state index contributed by atoms with van der Waals surface area (Å²) in [6.07, 6.45) is 1.63. The molecule has 0 spiro atoms. The molecule has 25 heavy (non-hydrogen) atoms. The molecular weight excluding hydrogens is 350 g/mol. The van der Waals surface area contributed by atoms with E-state index in [2.05, 4.69) is 44.8 Å². The van der Waals surface area contributed by atoms with Crippen molar-refractivity contribution >= 4 is 29.0 Å². The van der Waals surface area contributed by atoms with Crippen molar-refractivity contribution in [2.75, 3.05) is 18.8 Å². The highest BCUT2D eigenvalue weighted by Crippen LogP contribution is 2.16. The molecular formula is C19H25N3OS2. The van der Waals surface area contributed by atoms with E-state index < -0.39 is 0 Å². The first-order valence-electron chi connectivity index (χ1n) is 8.73. The quantitative estimate of drug-likeness (QED) is 0.718. The standard InChI is InChI=1S/C19H25N3OS2/c1-15-20-18(14-25-15)13-24-10-8-19(23)21-17-7-9-22(12-17)11-16-5-3-2-4-6-16/h2-6,14,17H,7-13H2,1H3,(H,21,23). The van der Waals surface area contributed by atoms with Crippen LogP contribution in [0.4, 0.5) is 0 Å². The van der Waals surface area contributed by atoms with E-state index >= 15 is 0 Å². The van der Waals surface area contributed by atoms with Gasteiger partial charge in [0.2, 0.25) is 5.91 Å². The molecule has 1 aromatic heterocycles. The zero-order chi connectivity index (χ0) is 17.5. The number of carbonyl (C=O) groups excluding carboxylic acids is 1. The lowest BCUT2D eigenvalue weighted by Gasteiger charge is -2.16. The fourth-order valence-corrected chi connectivity index (χ4v) is 4.60. The van der Waals surface area contributed by atoms with Crippen LogP contribution < -0.4 is 5.32 Å². The molecule has 1 aliphatic heterocycles. The molecule has 6 heteroatoms. The summed E-state index contributed by atoms with van der Waals surface area (Å²) in [5.74, 6) is 1.92. The fraction of sp³-hybridized carbons (Fsp3) is 0.474. The van der Waals surface area contributed by atoms with E-state index in [4.69, 9.17) is 0 Å². The van der Waals surface area contributed by atoms with Crippen molar-refractivity contribution in [3.8, 4) is 0 Å². The van der Waals surface area contributed by atoms with Crippen molar-refractivity contribution in [3.63, 3.8) is 0 Å². The van der Waals surface area contributed by atoms with Gasteiger partial charge in [-0.1, -0.05) is 30.3 Å². The third-order valence-electron chi connectivity index (χ3n) is 4.28. The number of nitrogens with one attached hydrogen (secondary N) is 1. The maximum absolute atomic E-state index is 12.1. The minimum Gasteiger partial charge on any atom is -0.352 e. The van der Waals surface area contributed by atoms with Crippen molar-refractivity contribution in [2.45, 2.75) is 38.1 Å². The van der Waals surface area contributed by atoms with Gasteiger partial charge in [0.25, 0.3) is 0 Å². The maximum Gasteiger partial charge on any atom is 0.221 e. The van der Waals surface area contributed by atoms with Gasteiger partial charge < -0.3 is 5.32 Å². The first-order chi connectivity index (χ1) is 12.2. The number of nitrogens with zero attached hydrogens (tertiary/aromatic N) is 2. The lowest BCUT2D eigenvalue weighted by Crippen LogP contribution is -2.37. The Labute approximate surface area is 158 Å². The average Bonchev–Trinajstić information content (AvgIpc) is 3.21. The van der Waals surface area contributed by atoms with Crippen LogP contribution in [0, 0.1) is 6.92 Å². The predicted molar refractivity (Wildman–Crippen MR) is 106 cm³/mol. The second-order valence-corrected chi connectivity index (χ2v) is 8.60. The fourth-order valence-electron chi connectivity index (χ4n) is 3.05. The zero-order valence-corrected chi connectivity index (χ0v) is 16.2. The second-order valence-electron chi connectivity index (χ2n) is 6.43. The second kappa shape index (κ2) is 9.36. The number of hydrogen-bond donors (Lipinski definition) is 1. The van der Waals surface area contributed by atoms with Gasteiger partial charge in [0, 0.05) is 49.0 Å². The minimum atomic E-state index is 0.175. The summed E-state index contributed by atoms with van der Waals surface area (Å²) in [7, 11) is 0. The van der Waals surface area contributed by atoms with E-state index in [0.717, 1.165) is 48.3 Å². The average molecular weight is 376 g/mol. The summed E-state index contributed by atoms with van der Waals surface area (Å²) in [6, 6.07) is 10.8. The molecule has 1 aliphatic rings. The Morgan fingerprint density at radius 1 is 1.40 bits per heavy atom. The molecule has 1 unspecified atom stereocenters. The molecule has 134 valence electrons. The van der Waals surface area contributed by atoms with Crippen LogP contribution in [0.5, 0.6) is 0 Å². The lowest BCUT2D eigenvalue weighted by atomic mass is 10.2. The summed E-state index contributed by atoms with van der Waals surface area (Å²) in [6.45, 7) is 4.99. The number of aromatic nitrogens is 1.